The van der Waals surface area contributed by atoms with Gasteiger partial charge in [-0.1, -0.05) is 192 Å². The van der Waals surface area contributed by atoms with Crippen molar-refractivity contribution in [2.24, 2.45) is 0 Å². The summed E-state index contributed by atoms with van der Waals surface area (Å²) >= 11 is 0. The van der Waals surface area contributed by atoms with Gasteiger partial charge < -0.3 is 28.6 Å². The van der Waals surface area contributed by atoms with Crippen molar-refractivity contribution < 1.29 is 38.2 Å². The number of hydrogen-bond donors (Lipinski definition) is 0. The van der Waals surface area contributed by atoms with E-state index in [4.69, 9.17) is 14.2 Å². The van der Waals surface area contributed by atoms with Crippen LogP contribution >= 0.6 is 0 Å². The summed E-state index contributed by atoms with van der Waals surface area (Å²) < 4.78 is 17.2. The van der Waals surface area contributed by atoms with Crippen LogP contribution < -0.4 is 5.11 Å². The van der Waals surface area contributed by atoms with Crippen molar-refractivity contribution in [3.63, 3.8) is 0 Å². The van der Waals surface area contributed by atoms with Crippen LogP contribution in [0.3, 0.4) is 0 Å². The van der Waals surface area contributed by atoms with E-state index in [1.54, 1.807) is 21.1 Å². The summed E-state index contributed by atoms with van der Waals surface area (Å²) in [7, 11) is 5.41. The van der Waals surface area contributed by atoms with Gasteiger partial charge in [-0.3, -0.25) is 9.59 Å². The van der Waals surface area contributed by atoms with E-state index in [9.17, 15) is 19.5 Å². The molecule has 0 aliphatic heterocycles. The maximum atomic E-state index is 12.8. The Hall–Kier alpha value is -2.45. The zero-order valence-corrected chi connectivity index (χ0v) is 42.0. The predicted molar refractivity (Wildman–Crippen MR) is 263 cm³/mol. The monoisotopic (exact) mass is 888 g/mol. The van der Waals surface area contributed by atoms with Gasteiger partial charge in [0.1, 0.15) is 12.6 Å². The van der Waals surface area contributed by atoms with Gasteiger partial charge in [0, 0.05) is 19.3 Å². The Labute approximate surface area is 389 Å². The number of rotatable bonds is 48. The number of unbranched alkanes of at least 4 members (excludes halogenated alkanes) is 28. The first-order valence-corrected chi connectivity index (χ1v) is 26.5. The lowest BCUT2D eigenvalue weighted by Crippen LogP contribution is -2.55. The molecule has 0 N–H and O–H groups in total. The molecule has 368 valence electrons. The lowest BCUT2D eigenvalue weighted by atomic mass is 10.1. The van der Waals surface area contributed by atoms with Gasteiger partial charge in [0.2, 0.25) is 0 Å². The number of carbonyl (C=O) groups is 3. The molecule has 0 aromatic rings. The van der Waals surface area contributed by atoms with Crippen molar-refractivity contribution in [1.82, 2.24) is 0 Å². The van der Waals surface area contributed by atoms with E-state index in [-0.39, 0.29) is 42.7 Å². The minimum Gasteiger partial charge on any atom is -0.544 e. The highest BCUT2D eigenvalue weighted by Crippen LogP contribution is 2.15. The summed E-state index contributed by atoms with van der Waals surface area (Å²) in [5, 5.41) is 11.7. The molecule has 8 heteroatoms. The van der Waals surface area contributed by atoms with Gasteiger partial charge in [0.25, 0.3) is 0 Å². The molecule has 8 nitrogen and oxygen atoms in total. The Balaban J connectivity index is 4.22. The van der Waals surface area contributed by atoms with E-state index in [1.807, 2.05) is 0 Å². The highest BCUT2D eigenvalue weighted by molar-refractivity contribution is 5.70. The molecule has 0 radical (unpaired) electrons. The molecule has 0 aromatic heterocycles. The van der Waals surface area contributed by atoms with Crippen molar-refractivity contribution >= 4 is 17.9 Å². The summed E-state index contributed by atoms with van der Waals surface area (Å²) in [6.07, 6.45) is 54.6. The molecule has 0 spiro atoms. The van der Waals surface area contributed by atoms with Gasteiger partial charge in [0.05, 0.1) is 40.3 Å². The summed E-state index contributed by atoms with van der Waals surface area (Å²) in [4.78, 5) is 37.0. The third-order valence-electron chi connectivity index (χ3n) is 12.0. The Morgan fingerprint density at radius 3 is 1.24 bits per heavy atom. The first-order chi connectivity index (χ1) is 30.6. The Morgan fingerprint density at radius 2 is 0.841 bits per heavy atom. The van der Waals surface area contributed by atoms with Crippen LogP contribution in [-0.2, 0) is 28.6 Å². The molecule has 0 amide bonds. The number of nitrogens with zero attached hydrogens (tertiary/aromatic N) is 1. The SMILES string of the molecule is CCCCCCCCC/C=C/CCCCCCCC(=O)OC(COCCC(C(=O)[O-])[N+](C)(C)C)COC(=O)CCCCCCCCC/C=C/C/C=C/CCCCCCCCCCC. The van der Waals surface area contributed by atoms with Crippen molar-refractivity contribution in [3.8, 4) is 0 Å². The Morgan fingerprint density at radius 1 is 0.476 bits per heavy atom. The standard InChI is InChI=1S/C55H101NO7/c1-6-8-10-12-14-16-18-20-22-24-25-26-27-28-29-30-32-33-35-37-39-41-43-45-53(57)62-50-51(49-61-48-47-52(55(59)60)56(3,4)5)63-54(58)46-44-42-40-38-36-34-31-23-21-19-17-15-13-11-9-7-2/h23,25-26,28-29,31,51-52H,6-22,24,27,30,32-50H2,1-5H3/b26-25+,29-28+,31-23+. The smallest absolute Gasteiger partial charge is 0.306 e. The third-order valence-corrected chi connectivity index (χ3v) is 12.0. The average molecular weight is 888 g/mol. The first-order valence-electron chi connectivity index (χ1n) is 26.5. The van der Waals surface area contributed by atoms with Crippen molar-refractivity contribution in [2.75, 3.05) is 41.0 Å². The number of carboxylic acid groups (broad SMARTS) is 1. The first kappa shape index (κ1) is 60.5. The molecular weight excluding hydrogens is 787 g/mol. The van der Waals surface area contributed by atoms with Crippen LogP contribution in [0.15, 0.2) is 36.5 Å². The van der Waals surface area contributed by atoms with Crippen LogP contribution in [0.1, 0.15) is 245 Å². The average Bonchev–Trinajstić information content (AvgIpc) is 3.24. The summed E-state index contributed by atoms with van der Waals surface area (Å²) in [6, 6.07) is -0.728. The second-order valence-electron chi connectivity index (χ2n) is 19.1. The molecule has 0 saturated heterocycles. The molecule has 0 heterocycles. The fraction of sp³-hybridized carbons (Fsp3) is 0.836. The maximum Gasteiger partial charge on any atom is 0.306 e. The number of ether oxygens (including phenoxy) is 3. The van der Waals surface area contributed by atoms with Gasteiger partial charge in [-0.15, -0.1) is 0 Å². The lowest BCUT2D eigenvalue weighted by molar-refractivity contribution is -0.889. The number of carboxylic acids is 1. The van der Waals surface area contributed by atoms with Gasteiger partial charge >= 0.3 is 11.9 Å². The fourth-order valence-corrected chi connectivity index (χ4v) is 7.86. The van der Waals surface area contributed by atoms with Crippen LogP contribution in [0.25, 0.3) is 0 Å². The second kappa shape index (κ2) is 46.1. The molecule has 0 rings (SSSR count). The van der Waals surface area contributed by atoms with Crippen LogP contribution in [-0.4, -0.2) is 75.5 Å². The third kappa shape index (κ3) is 44.5. The van der Waals surface area contributed by atoms with E-state index >= 15 is 0 Å². The van der Waals surface area contributed by atoms with Crippen molar-refractivity contribution in [2.45, 2.75) is 257 Å². The number of quaternary nitrogens is 1. The van der Waals surface area contributed by atoms with Crippen LogP contribution in [0, 0.1) is 0 Å². The molecule has 0 aromatic carbocycles. The minimum atomic E-state index is -1.13. The number of aliphatic carboxylic acids is 1. The molecule has 0 aliphatic rings. The molecule has 0 bridgehead atoms. The topological polar surface area (TPSA) is 102 Å². The van der Waals surface area contributed by atoms with Crippen molar-refractivity contribution in [1.29, 1.82) is 0 Å². The largest absolute Gasteiger partial charge is 0.544 e. The number of allylic oxidation sites excluding steroid dienone is 6. The zero-order chi connectivity index (χ0) is 46.3. The molecule has 0 fully saturated rings. The zero-order valence-electron chi connectivity index (χ0n) is 42.0. The highest BCUT2D eigenvalue weighted by Gasteiger charge is 2.25. The molecule has 63 heavy (non-hydrogen) atoms. The molecule has 0 saturated carbocycles. The summed E-state index contributed by atoms with van der Waals surface area (Å²) in [6.45, 7) is 4.67. The van der Waals surface area contributed by atoms with E-state index in [0.717, 1.165) is 64.2 Å². The fourth-order valence-electron chi connectivity index (χ4n) is 7.86. The van der Waals surface area contributed by atoms with Gasteiger partial charge in [-0.2, -0.15) is 0 Å². The van der Waals surface area contributed by atoms with Gasteiger partial charge in [-0.05, 0) is 70.6 Å². The number of likely N-dealkylation sites (N-methyl/N-ethyl adjacent to an activating group) is 1. The van der Waals surface area contributed by atoms with Gasteiger partial charge in [-0.25, -0.2) is 0 Å². The number of esters is 2. The van der Waals surface area contributed by atoms with Crippen LogP contribution in [0.4, 0.5) is 0 Å². The molecule has 2 atom stereocenters. The quantitative estimate of drug-likeness (QED) is 0.0259. The van der Waals surface area contributed by atoms with E-state index in [1.165, 1.54) is 148 Å². The van der Waals surface area contributed by atoms with Crippen LogP contribution in [0.2, 0.25) is 0 Å². The lowest BCUT2D eigenvalue weighted by Gasteiger charge is -2.34. The molecule has 2 unspecified atom stereocenters. The number of hydrogen-bond acceptors (Lipinski definition) is 7. The molecule has 0 aliphatic carbocycles. The van der Waals surface area contributed by atoms with E-state index in [2.05, 4.69) is 50.3 Å². The summed E-state index contributed by atoms with van der Waals surface area (Å²) in [5.74, 6) is -1.75. The Kier molecular flexibility index (Phi) is 44.3. The predicted octanol–water partition coefficient (Wildman–Crippen LogP) is 14.0. The Bertz CT molecular complexity index is 1130. The normalized spacial score (nSPS) is 13.1. The summed E-state index contributed by atoms with van der Waals surface area (Å²) in [5.41, 5.74) is 0. The van der Waals surface area contributed by atoms with Gasteiger partial charge in [0.15, 0.2) is 6.10 Å². The van der Waals surface area contributed by atoms with Crippen LogP contribution in [0.5, 0.6) is 0 Å². The van der Waals surface area contributed by atoms with E-state index < -0.39 is 18.1 Å². The second-order valence-corrected chi connectivity index (χ2v) is 19.1. The molecular formula is C55H101NO7. The number of carbonyl (C=O) groups excluding carboxylic acids is 3. The highest BCUT2D eigenvalue weighted by atomic mass is 16.6. The van der Waals surface area contributed by atoms with E-state index in [0.29, 0.717) is 12.8 Å². The maximum absolute atomic E-state index is 12.8. The van der Waals surface area contributed by atoms with Crippen molar-refractivity contribution in [3.05, 3.63) is 36.5 Å². The minimum absolute atomic E-state index is 0.0364.